The third-order valence-corrected chi connectivity index (χ3v) is 6.63. The van der Waals surface area contributed by atoms with E-state index in [9.17, 15) is 19.2 Å². The molecule has 2 saturated heterocycles. The Morgan fingerprint density at radius 1 is 0.939 bits per heavy atom. The number of carbonyl (C=O) groups excluding carboxylic acids is 2. The van der Waals surface area contributed by atoms with E-state index in [1.54, 1.807) is 24.0 Å². The first-order valence-electron chi connectivity index (χ1n) is 11.3. The van der Waals surface area contributed by atoms with E-state index < -0.39 is 11.8 Å². The predicted octanol–water partition coefficient (Wildman–Crippen LogP) is 0.136. The molecule has 5 heterocycles. The van der Waals surface area contributed by atoms with E-state index in [1.807, 2.05) is 12.2 Å². The third-order valence-electron chi connectivity index (χ3n) is 6.63. The number of hydrogen-bond acceptors (Lipinski definition) is 7. The third kappa shape index (κ3) is 3.97. The van der Waals surface area contributed by atoms with Gasteiger partial charge in [0.1, 0.15) is 5.69 Å². The van der Waals surface area contributed by atoms with Crippen LogP contribution in [0.2, 0.25) is 0 Å². The van der Waals surface area contributed by atoms with Gasteiger partial charge in [-0.05, 0) is 19.8 Å². The van der Waals surface area contributed by atoms with Crippen LogP contribution in [0.4, 0.5) is 0 Å². The summed E-state index contributed by atoms with van der Waals surface area (Å²) in [6.07, 6.45) is 10.1. The van der Waals surface area contributed by atoms with Crippen molar-refractivity contribution in [2.24, 2.45) is 11.8 Å². The second kappa shape index (κ2) is 8.54. The standard InChI is InChI=1S/C22H26N6O5/c1-13-10-26(22(32)23-19(13)29)8-4-2-3-5-9-27-11-14(24-25-27)12-28-20(30)17-15-6-7-16(33-15)18(17)21(28)31/h6-7,10-11,15-18H,2-5,8-9,12H2,1H3,(H,23,29,32)/t15-,16+,17-,18+. The molecule has 0 aromatic carbocycles. The molecule has 2 aromatic rings. The van der Waals surface area contributed by atoms with Crippen LogP contribution in [0.3, 0.4) is 0 Å². The molecule has 0 radical (unpaired) electrons. The minimum atomic E-state index is -0.404. The van der Waals surface area contributed by atoms with Gasteiger partial charge >= 0.3 is 5.69 Å². The van der Waals surface area contributed by atoms with Gasteiger partial charge in [0.05, 0.1) is 36.8 Å². The van der Waals surface area contributed by atoms with Crippen LogP contribution in [0.5, 0.6) is 0 Å². The highest BCUT2D eigenvalue weighted by Crippen LogP contribution is 2.45. The summed E-state index contributed by atoms with van der Waals surface area (Å²) in [5.41, 5.74) is 0.388. The molecule has 4 atom stereocenters. The van der Waals surface area contributed by atoms with Crippen molar-refractivity contribution in [2.75, 3.05) is 0 Å². The molecule has 3 aliphatic rings. The zero-order chi connectivity index (χ0) is 23.1. The first kappa shape index (κ1) is 21.5. The molecule has 33 heavy (non-hydrogen) atoms. The van der Waals surface area contributed by atoms with E-state index in [2.05, 4.69) is 15.3 Å². The lowest BCUT2D eigenvalue weighted by atomic mass is 9.85. The number of carbonyl (C=O) groups is 2. The minimum Gasteiger partial charge on any atom is -0.365 e. The lowest BCUT2D eigenvalue weighted by molar-refractivity contribution is -0.143. The van der Waals surface area contributed by atoms with E-state index in [4.69, 9.17) is 4.74 Å². The first-order valence-corrected chi connectivity index (χ1v) is 11.3. The molecule has 3 aliphatic heterocycles. The van der Waals surface area contributed by atoms with Crippen LogP contribution in [0, 0.1) is 18.8 Å². The van der Waals surface area contributed by atoms with Gasteiger partial charge in [0.15, 0.2) is 0 Å². The monoisotopic (exact) mass is 454 g/mol. The number of aromatic nitrogens is 5. The molecule has 11 nitrogen and oxygen atoms in total. The lowest BCUT2D eigenvalue weighted by Gasteiger charge is -2.15. The minimum absolute atomic E-state index is 0.136. The van der Waals surface area contributed by atoms with Gasteiger partial charge in [0, 0.05) is 24.8 Å². The highest BCUT2D eigenvalue weighted by molar-refractivity contribution is 6.06. The molecule has 5 rings (SSSR count). The lowest BCUT2D eigenvalue weighted by Crippen LogP contribution is -2.34. The normalized spacial score (nSPS) is 25.4. The van der Waals surface area contributed by atoms with Crippen LogP contribution in [0.15, 0.2) is 34.1 Å². The number of nitrogens with one attached hydrogen (secondary N) is 1. The number of rotatable bonds is 9. The average molecular weight is 454 g/mol. The van der Waals surface area contributed by atoms with Crippen LogP contribution >= 0.6 is 0 Å². The van der Waals surface area contributed by atoms with Crippen molar-refractivity contribution in [2.45, 2.75) is 64.4 Å². The SMILES string of the molecule is Cc1cn(CCCCCCn2cc(CN3C(=O)[C@@H]4[C@H](C3=O)[C@H]3C=C[C@@H]4O3)nn2)c(=O)[nH]c1=O. The Labute approximate surface area is 189 Å². The number of likely N-dealkylation sites (tertiary alicyclic amines) is 1. The molecule has 2 amide bonds. The van der Waals surface area contributed by atoms with Gasteiger partial charge in [-0.25, -0.2) is 4.79 Å². The molecule has 1 N–H and O–H groups in total. The van der Waals surface area contributed by atoms with Gasteiger partial charge in [-0.2, -0.15) is 0 Å². The van der Waals surface area contributed by atoms with Crippen molar-refractivity contribution in [3.8, 4) is 0 Å². The van der Waals surface area contributed by atoms with Gasteiger partial charge in [-0.15, -0.1) is 5.10 Å². The average Bonchev–Trinajstić information content (AvgIpc) is 3.56. The van der Waals surface area contributed by atoms with Gasteiger partial charge in [-0.3, -0.25) is 28.9 Å². The smallest absolute Gasteiger partial charge is 0.328 e. The molecule has 2 aromatic heterocycles. The molecule has 0 aliphatic carbocycles. The summed E-state index contributed by atoms with van der Waals surface area (Å²) >= 11 is 0. The van der Waals surface area contributed by atoms with Crippen LogP contribution in [0.1, 0.15) is 36.9 Å². The van der Waals surface area contributed by atoms with Gasteiger partial charge in [0.25, 0.3) is 5.56 Å². The molecule has 2 bridgehead atoms. The second-order valence-corrected chi connectivity index (χ2v) is 8.92. The van der Waals surface area contributed by atoms with E-state index in [1.165, 1.54) is 9.47 Å². The Hall–Kier alpha value is -3.34. The molecule has 174 valence electrons. The van der Waals surface area contributed by atoms with Crippen molar-refractivity contribution >= 4 is 11.8 Å². The molecule has 0 unspecified atom stereocenters. The maximum Gasteiger partial charge on any atom is 0.328 e. The highest BCUT2D eigenvalue weighted by atomic mass is 16.5. The van der Waals surface area contributed by atoms with Crippen LogP contribution in [-0.4, -0.2) is 53.5 Å². The maximum absolute atomic E-state index is 12.7. The van der Waals surface area contributed by atoms with Crippen molar-refractivity contribution < 1.29 is 14.3 Å². The summed E-state index contributed by atoms with van der Waals surface area (Å²) in [4.78, 5) is 52.3. The molecule has 2 fully saturated rings. The van der Waals surface area contributed by atoms with Crippen molar-refractivity contribution in [3.05, 3.63) is 56.6 Å². The van der Waals surface area contributed by atoms with E-state index in [0.717, 1.165) is 25.7 Å². The molecule has 0 spiro atoms. The number of aromatic amines is 1. The Bertz CT molecular complexity index is 1200. The first-order chi connectivity index (χ1) is 15.9. The van der Waals surface area contributed by atoms with Crippen molar-refractivity contribution in [1.29, 1.82) is 0 Å². The number of amides is 2. The van der Waals surface area contributed by atoms with Gasteiger partial charge < -0.3 is 9.30 Å². The second-order valence-electron chi connectivity index (χ2n) is 8.92. The molecular formula is C22H26N6O5. The van der Waals surface area contributed by atoms with E-state index in [0.29, 0.717) is 24.3 Å². The van der Waals surface area contributed by atoms with E-state index in [-0.39, 0.29) is 41.8 Å². The number of ether oxygens (including phenoxy) is 1. The summed E-state index contributed by atoms with van der Waals surface area (Å²) < 4.78 is 8.91. The zero-order valence-corrected chi connectivity index (χ0v) is 18.3. The van der Waals surface area contributed by atoms with Crippen LogP contribution in [-0.2, 0) is 34.0 Å². The fraction of sp³-hybridized carbons (Fsp3) is 0.545. The number of nitrogens with zero attached hydrogens (tertiary/aromatic N) is 5. The summed E-state index contributed by atoms with van der Waals surface area (Å²) in [6, 6.07) is 0. The van der Waals surface area contributed by atoms with Crippen molar-refractivity contribution in [1.82, 2.24) is 29.4 Å². The van der Waals surface area contributed by atoms with Crippen molar-refractivity contribution in [3.63, 3.8) is 0 Å². The summed E-state index contributed by atoms with van der Waals surface area (Å²) in [6.45, 7) is 3.06. The fourth-order valence-electron chi connectivity index (χ4n) is 4.90. The Morgan fingerprint density at radius 3 is 2.30 bits per heavy atom. The van der Waals surface area contributed by atoms with E-state index >= 15 is 0 Å². The fourth-order valence-corrected chi connectivity index (χ4v) is 4.90. The zero-order valence-electron chi connectivity index (χ0n) is 18.3. The Kier molecular flexibility index (Phi) is 5.57. The molecule has 11 heteroatoms. The van der Waals surface area contributed by atoms with Gasteiger partial charge in [-0.1, -0.05) is 30.2 Å². The Morgan fingerprint density at radius 2 is 1.61 bits per heavy atom. The van der Waals surface area contributed by atoms with Crippen LogP contribution < -0.4 is 11.2 Å². The molecular weight excluding hydrogens is 428 g/mol. The van der Waals surface area contributed by atoms with Gasteiger partial charge in [0.2, 0.25) is 11.8 Å². The number of unbranched alkanes of at least 4 members (excludes halogenated alkanes) is 3. The molecule has 0 saturated carbocycles. The number of fused-ring (bicyclic) bond motifs is 5. The summed E-state index contributed by atoms with van der Waals surface area (Å²) in [5, 5.41) is 8.25. The topological polar surface area (TPSA) is 132 Å². The number of imide groups is 1. The Balaban J connectivity index is 1.06. The summed E-state index contributed by atoms with van der Waals surface area (Å²) in [5.74, 6) is -1.18. The number of H-pyrrole nitrogens is 1. The number of aryl methyl sites for hydroxylation is 3. The van der Waals surface area contributed by atoms with Crippen LogP contribution in [0.25, 0.3) is 0 Å². The largest absolute Gasteiger partial charge is 0.365 e. The maximum atomic E-state index is 12.7. The number of hydrogen-bond donors (Lipinski definition) is 1. The highest BCUT2D eigenvalue weighted by Gasteiger charge is 2.60. The predicted molar refractivity (Wildman–Crippen MR) is 115 cm³/mol. The summed E-state index contributed by atoms with van der Waals surface area (Å²) in [7, 11) is 0. The quantitative estimate of drug-likeness (QED) is 0.324.